The van der Waals surface area contributed by atoms with Gasteiger partial charge in [0.25, 0.3) is 0 Å². The molecule has 0 aromatic rings. The quantitative estimate of drug-likeness (QED) is 0.470. The smallest absolute Gasteiger partial charge is 0.234 e. The molecule has 0 unspecified atom stereocenters. The number of nitrogens with one attached hydrogen (secondary N) is 2. The Morgan fingerprint density at radius 1 is 1.38 bits per heavy atom. The van der Waals surface area contributed by atoms with Crippen LogP contribution in [0.2, 0.25) is 0 Å². The van der Waals surface area contributed by atoms with Gasteiger partial charge in [-0.2, -0.15) is 0 Å². The van der Waals surface area contributed by atoms with Gasteiger partial charge in [0.15, 0.2) is 0 Å². The fourth-order valence-electron chi connectivity index (χ4n) is 2.26. The van der Waals surface area contributed by atoms with Crippen molar-refractivity contribution in [3.8, 4) is 0 Å². The second-order valence-corrected chi connectivity index (χ2v) is 4.16. The molecule has 0 bridgehead atoms. The molecule has 13 heavy (non-hydrogen) atoms. The molecule has 1 heterocycles. The van der Waals surface area contributed by atoms with Crippen molar-refractivity contribution in [3.05, 3.63) is 0 Å². The van der Waals surface area contributed by atoms with Crippen LogP contribution in [0.25, 0.3) is 0 Å². The Bertz CT molecular complexity index is 210. The van der Waals surface area contributed by atoms with Gasteiger partial charge in [0.2, 0.25) is 5.91 Å². The van der Waals surface area contributed by atoms with Crippen LogP contribution >= 0.6 is 0 Å². The number of amides is 1. The van der Waals surface area contributed by atoms with E-state index in [4.69, 9.17) is 0 Å². The summed E-state index contributed by atoms with van der Waals surface area (Å²) in [6.07, 6.45) is 3.24. The third-order valence-electron chi connectivity index (χ3n) is 3.07. The van der Waals surface area contributed by atoms with Gasteiger partial charge in [-0.3, -0.25) is 4.79 Å². The van der Waals surface area contributed by atoms with Gasteiger partial charge >= 0.3 is 0 Å². The third kappa shape index (κ3) is 1.84. The average molecular weight is 184 g/mol. The van der Waals surface area contributed by atoms with E-state index >= 15 is 0 Å². The summed E-state index contributed by atoms with van der Waals surface area (Å²) in [5.41, 5.74) is -0.0609. The van der Waals surface area contributed by atoms with Gasteiger partial charge in [-0.15, -0.1) is 0 Å². The zero-order valence-electron chi connectivity index (χ0n) is 7.68. The molecule has 3 N–H and O–H groups in total. The molecule has 1 spiro atoms. The van der Waals surface area contributed by atoms with Crippen molar-refractivity contribution >= 4 is 5.91 Å². The lowest BCUT2D eigenvalue weighted by Gasteiger charge is -2.42. The Labute approximate surface area is 77.7 Å². The zero-order chi connectivity index (χ0) is 9.31. The summed E-state index contributed by atoms with van der Waals surface area (Å²) in [6.45, 7) is 1.29. The molecule has 1 amide bonds. The first kappa shape index (κ1) is 8.97. The van der Waals surface area contributed by atoms with Gasteiger partial charge in [0.1, 0.15) is 0 Å². The Balaban J connectivity index is 1.99. The van der Waals surface area contributed by atoms with Crippen LogP contribution in [0.5, 0.6) is 0 Å². The van der Waals surface area contributed by atoms with Gasteiger partial charge in [-0.1, -0.05) is 0 Å². The van der Waals surface area contributed by atoms with E-state index < -0.39 is 0 Å². The van der Waals surface area contributed by atoms with Crippen molar-refractivity contribution in [1.82, 2.24) is 10.6 Å². The first-order valence-electron chi connectivity index (χ1n) is 4.90. The predicted octanol–water partition coefficient (Wildman–Crippen LogP) is -0.621. The summed E-state index contributed by atoms with van der Waals surface area (Å²) >= 11 is 0. The lowest BCUT2D eigenvalue weighted by molar-refractivity contribution is -0.124. The Hall–Kier alpha value is -0.610. The highest BCUT2D eigenvalue weighted by atomic mass is 16.3. The van der Waals surface area contributed by atoms with E-state index in [0.29, 0.717) is 6.54 Å². The topological polar surface area (TPSA) is 61.4 Å². The minimum Gasteiger partial charge on any atom is -0.393 e. The van der Waals surface area contributed by atoms with E-state index in [2.05, 4.69) is 10.6 Å². The van der Waals surface area contributed by atoms with E-state index in [-0.39, 0.29) is 17.6 Å². The minimum atomic E-state index is -0.163. The van der Waals surface area contributed by atoms with Crippen molar-refractivity contribution in [1.29, 1.82) is 0 Å². The number of rotatable bonds is 0. The second kappa shape index (κ2) is 3.27. The van der Waals surface area contributed by atoms with Crippen LogP contribution in [0.15, 0.2) is 0 Å². The fraction of sp³-hybridized carbons (Fsp3) is 0.889. The molecule has 0 aromatic carbocycles. The molecule has 0 aromatic heterocycles. The van der Waals surface area contributed by atoms with Crippen molar-refractivity contribution in [2.24, 2.45) is 0 Å². The predicted molar refractivity (Wildman–Crippen MR) is 48.2 cm³/mol. The number of piperazine rings is 1. The van der Waals surface area contributed by atoms with Gasteiger partial charge in [0.05, 0.1) is 18.2 Å². The molecule has 4 heteroatoms. The molecule has 1 aliphatic heterocycles. The maximum absolute atomic E-state index is 11.2. The minimum absolute atomic E-state index is 0.0609. The number of hydrogen-bond donors (Lipinski definition) is 3. The monoisotopic (exact) mass is 184 g/mol. The van der Waals surface area contributed by atoms with Crippen molar-refractivity contribution in [2.75, 3.05) is 13.1 Å². The SMILES string of the molecule is O=C1CNCC2(CCC(O)CC2)N1. The molecular formula is C9H16N2O2. The molecule has 1 saturated carbocycles. The van der Waals surface area contributed by atoms with Crippen LogP contribution in [0.3, 0.4) is 0 Å². The molecule has 2 rings (SSSR count). The summed E-state index contributed by atoms with van der Waals surface area (Å²) < 4.78 is 0. The van der Waals surface area contributed by atoms with Crippen LogP contribution in [0.1, 0.15) is 25.7 Å². The number of carbonyl (C=O) groups excluding carboxylic acids is 1. The number of carbonyl (C=O) groups is 1. The molecular weight excluding hydrogens is 168 g/mol. The molecule has 2 aliphatic rings. The molecule has 0 atom stereocenters. The molecule has 1 aliphatic carbocycles. The normalized spacial score (nSPS) is 40.4. The molecule has 4 nitrogen and oxygen atoms in total. The molecule has 0 radical (unpaired) electrons. The number of hydrogen-bond acceptors (Lipinski definition) is 3. The van der Waals surface area contributed by atoms with E-state index in [1.807, 2.05) is 0 Å². The molecule has 74 valence electrons. The first-order valence-corrected chi connectivity index (χ1v) is 4.90. The molecule has 2 fully saturated rings. The van der Waals surface area contributed by atoms with Crippen LogP contribution in [0.4, 0.5) is 0 Å². The van der Waals surface area contributed by atoms with E-state index in [1.54, 1.807) is 0 Å². The first-order chi connectivity index (χ1) is 6.20. The summed E-state index contributed by atoms with van der Waals surface area (Å²) in [6, 6.07) is 0. The molecule has 1 saturated heterocycles. The fourth-order valence-corrected chi connectivity index (χ4v) is 2.26. The van der Waals surface area contributed by atoms with Gasteiger partial charge in [0, 0.05) is 6.54 Å². The Morgan fingerprint density at radius 3 is 2.69 bits per heavy atom. The van der Waals surface area contributed by atoms with E-state index in [0.717, 1.165) is 32.2 Å². The Morgan fingerprint density at radius 2 is 2.08 bits per heavy atom. The van der Waals surface area contributed by atoms with Crippen LogP contribution in [0, 0.1) is 0 Å². The van der Waals surface area contributed by atoms with E-state index in [1.165, 1.54) is 0 Å². The number of aliphatic hydroxyl groups is 1. The highest BCUT2D eigenvalue weighted by molar-refractivity contribution is 5.79. The highest BCUT2D eigenvalue weighted by Crippen LogP contribution is 2.28. The summed E-state index contributed by atoms with van der Waals surface area (Å²) in [7, 11) is 0. The van der Waals surface area contributed by atoms with Gasteiger partial charge in [-0.25, -0.2) is 0 Å². The maximum Gasteiger partial charge on any atom is 0.234 e. The van der Waals surface area contributed by atoms with Gasteiger partial charge in [-0.05, 0) is 25.7 Å². The van der Waals surface area contributed by atoms with Crippen molar-refractivity contribution < 1.29 is 9.90 Å². The maximum atomic E-state index is 11.2. The number of aliphatic hydroxyl groups excluding tert-OH is 1. The Kier molecular flexibility index (Phi) is 2.26. The lowest BCUT2D eigenvalue weighted by atomic mass is 9.79. The van der Waals surface area contributed by atoms with Crippen LogP contribution < -0.4 is 10.6 Å². The largest absolute Gasteiger partial charge is 0.393 e. The van der Waals surface area contributed by atoms with Crippen molar-refractivity contribution in [3.63, 3.8) is 0 Å². The third-order valence-corrected chi connectivity index (χ3v) is 3.07. The summed E-state index contributed by atoms with van der Waals surface area (Å²) in [4.78, 5) is 11.2. The lowest BCUT2D eigenvalue weighted by Crippen LogP contribution is -2.63. The average Bonchev–Trinajstić information content (AvgIpc) is 2.11. The van der Waals surface area contributed by atoms with Gasteiger partial charge < -0.3 is 15.7 Å². The second-order valence-electron chi connectivity index (χ2n) is 4.16. The summed E-state index contributed by atoms with van der Waals surface area (Å²) in [5.74, 6) is 0.0858. The van der Waals surface area contributed by atoms with Crippen LogP contribution in [-0.2, 0) is 4.79 Å². The van der Waals surface area contributed by atoms with Crippen molar-refractivity contribution in [2.45, 2.75) is 37.3 Å². The highest BCUT2D eigenvalue weighted by Gasteiger charge is 2.37. The standard InChI is InChI=1S/C9H16N2O2/c12-7-1-3-9(4-2-7)6-10-5-8(13)11-9/h7,10,12H,1-6H2,(H,11,13). The zero-order valence-corrected chi connectivity index (χ0v) is 7.68. The summed E-state index contributed by atoms with van der Waals surface area (Å²) in [5, 5.41) is 15.5. The van der Waals surface area contributed by atoms with Crippen LogP contribution in [-0.4, -0.2) is 35.7 Å². The van der Waals surface area contributed by atoms with E-state index in [9.17, 15) is 9.90 Å².